The van der Waals surface area contributed by atoms with Crippen LogP contribution in [0.2, 0.25) is 0 Å². The van der Waals surface area contributed by atoms with Crippen molar-refractivity contribution in [1.82, 2.24) is 30.0 Å². The second-order valence-corrected chi connectivity index (χ2v) is 7.30. The van der Waals surface area contributed by atoms with Gasteiger partial charge in [-0.05, 0) is 30.6 Å². The second kappa shape index (κ2) is 10.2. The quantitative estimate of drug-likeness (QED) is 0.549. The van der Waals surface area contributed by atoms with Crippen LogP contribution in [-0.2, 0) is 11.3 Å². The number of nitrogens with one attached hydrogen (secondary N) is 1. The van der Waals surface area contributed by atoms with Gasteiger partial charge in [-0.15, -0.1) is 11.3 Å². The lowest BCUT2D eigenvalue weighted by atomic mass is 10.2. The Morgan fingerprint density at radius 3 is 2.83 bits per heavy atom. The molecule has 0 bridgehead atoms. The number of thiophene rings is 1. The van der Waals surface area contributed by atoms with Crippen LogP contribution in [0.1, 0.15) is 29.9 Å². The molecule has 0 aliphatic carbocycles. The van der Waals surface area contributed by atoms with Crippen molar-refractivity contribution in [1.29, 1.82) is 0 Å². The van der Waals surface area contributed by atoms with Crippen LogP contribution in [0.15, 0.2) is 36.0 Å². The molecule has 3 heterocycles. The predicted octanol–water partition coefficient (Wildman–Crippen LogP) is 2.61. The first-order chi connectivity index (χ1) is 14.2. The molecule has 9 heteroatoms. The third-order valence-electron chi connectivity index (χ3n) is 4.61. The molecule has 1 N–H and O–H groups in total. The lowest BCUT2D eigenvalue weighted by Gasteiger charge is -2.18. The Labute approximate surface area is 174 Å². The van der Waals surface area contributed by atoms with Crippen molar-refractivity contribution in [2.24, 2.45) is 0 Å². The molecule has 3 rings (SSSR count). The van der Waals surface area contributed by atoms with Crippen LogP contribution in [0.3, 0.4) is 0 Å². The van der Waals surface area contributed by atoms with Gasteiger partial charge >= 0.3 is 0 Å². The van der Waals surface area contributed by atoms with Gasteiger partial charge in [0.1, 0.15) is 0 Å². The van der Waals surface area contributed by atoms with Gasteiger partial charge in [-0.3, -0.25) is 4.79 Å². The number of methoxy groups -OCH3 is 1. The van der Waals surface area contributed by atoms with E-state index < -0.39 is 0 Å². The van der Waals surface area contributed by atoms with E-state index in [2.05, 4.69) is 39.1 Å². The van der Waals surface area contributed by atoms with Gasteiger partial charge in [-0.25, -0.2) is 9.97 Å². The highest BCUT2D eigenvalue weighted by Gasteiger charge is 2.20. The molecular formula is C20H26N6O2S. The van der Waals surface area contributed by atoms with E-state index in [1.807, 2.05) is 23.6 Å². The molecule has 0 spiro atoms. The molecule has 29 heavy (non-hydrogen) atoms. The molecule has 0 aliphatic rings. The Morgan fingerprint density at radius 2 is 2.14 bits per heavy atom. The van der Waals surface area contributed by atoms with E-state index in [9.17, 15) is 4.79 Å². The van der Waals surface area contributed by atoms with Crippen LogP contribution in [0.5, 0.6) is 0 Å². The minimum absolute atomic E-state index is 0.176. The van der Waals surface area contributed by atoms with Crippen molar-refractivity contribution in [3.8, 4) is 16.5 Å². The lowest BCUT2D eigenvalue weighted by Crippen LogP contribution is -2.35. The number of ether oxygens (including phenoxy) is 1. The van der Waals surface area contributed by atoms with Crippen molar-refractivity contribution >= 4 is 17.2 Å². The monoisotopic (exact) mass is 414 g/mol. The lowest BCUT2D eigenvalue weighted by molar-refractivity contribution is 0.0943. The second-order valence-electron chi connectivity index (χ2n) is 6.35. The molecule has 0 fully saturated rings. The summed E-state index contributed by atoms with van der Waals surface area (Å²) in [5, 5.41) is 9.34. The summed E-state index contributed by atoms with van der Waals surface area (Å²) < 4.78 is 6.89. The maximum Gasteiger partial charge on any atom is 0.254 e. The van der Waals surface area contributed by atoms with Crippen LogP contribution in [0.25, 0.3) is 16.5 Å². The zero-order chi connectivity index (χ0) is 20.6. The molecule has 3 aromatic heterocycles. The Balaban J connectivity index is 1.82. The summed E-state index contributed by atoms with van der Waals surface area (Å²) in [5.41, 5.74) is 1.90. The summed E-state index contributed by atoms with van der Waals surface area (Å²) in [6, 6.07) is 5.84. The average molecular weight is 415 g/mol. The highest BCUT2D eigenvalue weighted by molar-refractivity contribution is 7.13. The van der Waals surface area contributed by atoms with Crippen LogP contribution < -0.4 is 5.32 Å². The summed E-state index contributed by atoms with van der Waals surface area (Å²) in [5.74, 6) is 0.231. The van der Waals surface area contributed by atoms with Crippen LogP contribution in [-0.4, -0.2) is 63.8 Å². The maximum atomic E-state index is 12.7. The van der Waals surface area contributed by atoms with E-state index in [0.717, 1.165) is 30.2 Å². The van der Waals surface area contributed by atoms with Gasteiger partial charge in [0.15, 0.2) is 0 Å². The molecule has 0 aliphatic heterocycles. The zero-order valence-electron chi connectivity index (χ0n) is 17.0. The number of hydrogen-bond donors (Lipinski definition) is 1. The van der Waals surface area contributed by atoms with E-state index in [4.69, 9.17) is 4.74 Å². The van der Waals surface area contributed by atoms with Gasteiger partial charge in [-0.2, -0.15) is 9.78 Å². The molecule has 3 aromatic rings. The molecule has 0 atom stereocenters. The summed E-state index contributed by atoms with van der Waals surface area (Å²) in [4.78, 5) is 25.0. The molecular weight excluding hydrogens is 388 g/mol. The van der Waals surface area contributed by atoms with Crippen LogP contribution in [0, 0.1) is 0 Å². The summed E-state index contributed by atoms with van der Waals surface area (Å²) in [6.07, 6.45) is 3.24. The minimum Gasteiger partial charge on any atom is -0.378 e. The number of rotatable bonds is 10. The SMILES string of the molecule is CCN(CC)CCNC(=O)c1cnn(-c2nccc(-c3cccs3)n2)c1COC. The van der Waals surface area contributed by atoms with Crippen molar-refractivity contribution in [2.75, 3.05) is 33.3 Å². The van der Waals surface area contributed by atoms with Gasteiger partial charge < -0.3 is 15.0 Å². The van der Waals surface area contributed by atoms with Crippen molar-refractivity contribution < 1.29 is 9.53 Å². The molecule has 0 radical (unpaired) electrons. The van der Waals surface area contributed by atoms with E-state index in [-0.39, 0.29) is 12.5 Å². The maximum absolute atomic E-state index is 12.7. The Morgan fingerprint density at radius 1 is 1.31 bits per heavy atom. The van der Waals surface area contributed by atoms with Gasteiger partial charge in [0.25, 0.3) is 11.9 Å². The minimum atomic E-state index is -0.176. The van der Waals surface area contributed by atoms with Gasteiger partial charge in [0.05, 0.1) is 34.6 Å². The Hall–Kier alpha value is -2.62. The fourth-order valence-corrected chi connectivity index (χ4v) is 3.68. The standard InChI is InChI=1S/C20H26N6O2S/c1-4-25(5-2)11-10-21-19(27)15-13-23-26(17(15)14-28-3)20-22-9-8-16(24-20)18-7-6-12-29-18/h6-9,12-13H,4-5,10-11,14H2,1-3H3,(H,21,27). The first-order valence-corrected chi connectivity index (χ1v) is 10.5. The number of amides is 1. The van der Waals surface area contributed by atoms with E-state index >= 15 is 0 Å². The van der Waals surface area contributed by atoms with E-state index in [0.29, 0.717) is 23.8 Å². The third-order valence-corrected chi connectivity index (χ3v) is 5.50. The molecule has 154 valence electrons. The number of hydrogen-bond acceptors (Lipinski definition) is 7. The first kappa shape index (κ1) is 21.1. The van der Waals surface area contributed by atoms with E-state index in [1.165, 1.54) is 0 Å². The smallest absolute Gasteiger partial charge is 0.254 e. The van der Waals surface area contributed by atoms with Crippen molar-refractivity contribution in [3.05, 3.63) is 47.2 Å². The zero-order valence-corrected chi connectivity index (χ0v) is 17.8. The summed E-state index contributed by atoms with van der Waals surface area (Å²) >= 11 is 1.61. The number of carbonyl (C=O) groups is 1. The number of carbonyl (C=O) groups excluding carboxylic acids is 1. The average Bonchev–Trinajstić information content (AvgIpc) is 3.42. The highest BCUT2D eigenvalue weighted by Crippen LogP contribution is 2.23. The van der Waals surface area contributed by atoms with Crippen LogP contribution >= 0.6 is 11.3 Å². The first-order valence-electron chi connectivity index (χ1n) is 9.61. The number of likely N-dealkylation sites (N-methyl/N-ethyl adjacent to an activating group) is 1. The highest BCUT2D eigenvalue weighted by atomic mass is 32.1. The Bertz CT molecular complexity index is 921. The molecule has 0 aromatic carbocycles. The normalized spacial score (nSPS) is 11.2. The molecule has 8 nitrogen and oxygen atoms in total. The molecule has 0 unspecified atom stereocenters. The molecule has 1 amide bonds. The van der Waals surface area contributed by atoms with Crippen LogP contribution in [0.4, 0.5) is 0 Å². The predicted molar refractivity (Wildman–Crippen MR) is 113 cm³/mol. The summed E-state index contributed by atoms with van der Waals surface area (Å²) in [6.45, 7) is 7.73. The number of nitrogens with zero attached hydrogens (tertiary/aromatic N) is 5. The fraction of sp³-hybridized carbons (Fsp3) is 0.400. The molecule has 0 saturated carbocycles. The molecule has 0 saturated heterocycles. The van der Waals surface area contributed by atoms with E-state index in [1.54, 1.807) is 35.5 Å². The summed E-state index contributed by atoms with van der Waals surface area (Å²) in [7, 11) is 1.59. The van der Waals surface area contributed by atoms with Crippen molar-refractivity contribution in [3.63, 3.8) is 0 Å². The largest absolute Gasteiger partial charge is 0.378 e. The van der Waals surface area contributed by atoms with Gasteiger partial charge in [0, 0.05) is 26.4 Å². The topological polar surface area (TPSA) is 85.2 Å². The van der Waals surface area contributed by atoms with Gasteiger partial charge in [-0.1, -0.05) is 19.9 Å². The fourth-order valence-electron chi connectivity index (χ4n) is 2.99. The van der Waals surface area contributed by atoms with Gasteiger partial charge in [0.2, 0.25) is 0 Å². The number of aromatic nitrogens is 4. The van der Waals surface area contributed by atoms with Crippen molar-refractivity contribution in [2.45, 2.75) is 20.5 Å². The Kier molecular flexibility index (Phi) is 7.45. The third kappa shape index (κ3) is 5.06.